The molecule has 7 nitrogen and oxygen atoms in total. The van der Waals surface area contributed by atoms with Crippen molar-refractivity contribution >= 4 is 26.0 Å². The summed E-state index contributed by atoms with van der Waals surface area (Å²) in [7, 11) is -13.3. The van der Waals surface area contributed by atoms with Crippen molar-refractivity contribution in [1.29, 1.82) is 0 Å². The van der Waals surface area contributed by atoms with Crippen LogP contribution in [0.3, 0.4) is 0 Å². The molecule has 0 heterocycles. The molecule has 1 atom stereocenters. The van der Waals surface area contributed by atoms with Crippen LogP contribution in [0.5, 0.6) is 5.75 Å². The number of alkyl halides is 5. The Morgan fingerprint density at radius 3 is 1.93 bits per heavy atom. The molecule has 0 aliphatic carbocycles. The standard InChI is InChI=1S/C13H14F5NO6S2/c1-3-8(2)9-4-6-10(7-5-9)25-11(20)12(14,15)26(21,22)19-27(23,24)13(16,17)18/h4-8,19H,3H2,1-2H3. The summed E-state index contributed by atoms with van der Waals surface area (Å²) in [6, 6.07) is 4.97. The number of nitrogens with one attached hydrogen (secondary N) is 1. The molecule has 154 valence electrons. The van der Waals surface area contributed by atoms with Crippen molar-refractivity contribution in [3.05, 3.63) is 29.8 Å². The number of esters is 1. The number of carbonyl (C=O) groups excluding carboxylic acids is 1. The molecule has 0 amide bonds. The first-order chi connectivity index (χ1) is 12.0. The maximum Gasteiger partial charge on any atom is 0.512 e. The first kappa shape index (κ1) is 23.2. The molecule has 1 rings (SSSR count). The Morgan fingerprint density at radius 1 is 1.04 bits per heavy atom. The van der Waals surface area contributed by atoms with Gasteiger partial charge in [0.2, 0.25) is 0 Å². The van der Waals surface area contributed by atoms with E-state index in [0.29, 0.717) is 0 Å². The van der Waals surface area contributed by atoms with Gasteiger partial charge in [0.25, 0.3) is 0 Å². The van der Waals surface area contributed by atoms with Gasteiger partial charge in [-0.2, -0.15) is 22.0 Å². The summed E-state index contributed by atoms with van der Waals surface area (Å²) < 4.78 is 112. The number of halogens is 5. The number of carbonyl (C=O) groups is 1. The van der Waals surface area contributed by atoms with Crippen LogP contribution < -0.4 is 8.86 Å². The SMILES string of the molecule is CCC(C)c1ccc(OC(=O)C(F)(F)S(=O)(=O)NS(=O)(=O)C(F)(F)F)cc1. The van der Waals surface area contributed by atoms with Crippen molar-refractivity contribution in [3.63, 3.8) is 0 Å². The molecule has 0 radical (unpaired) electrons. The van der Waals surface area contributed by atoms with Gasteiger partial charge in [-0.15, -0.1) is 0 Å². The van der Waals surface area contributed by atoms with Gasteiger partial charge in [-0.05, 0) is 30.0 Å². The summed E-state index contributed by atoms with van der Waals surface area (Å²) in [6.45, 7) is 3.74. The topological polar surface area (TPSA) is 107 Å². The van der Waals surface area contributed by atoms with Gasteiger partial charge >= 0.3 is 36.8 Å². The van der Waals surface area contributed by atoms with Crippen LogP contribution in [0.15, 0.2) is 24.3 Å². The molecule has 14 heteroatoms. The second kappa shape index (κ2) is 7.67. The molecule has 0 aliphatic rings. The molecule has 1 aromatic carbocycles. The van der Waals surface area contributed by atoms with E-state index in [1.807, 2.05) is 13.8 Å². The Bertz CT molecular complexity index is 894. The third-order valence-electron chi connectivity index (χ3n) is 3.37. The van der Waals surface area contributed by atoms with Gasteiger partial charge in [0.05, 0.1) is 0 Å². The van der Waals surface area contributed by atoms with Gasteiger partial charge in [0.15, 0.2) is 0 Å². The summed E-state index contributed by atoms with van der Waals surface area (Å²) in [4.78, 5) is 11.4. The average Bonchev–Trinajstić information content (AvgIpc) is 2.52. The normalized spacial score (nSPS) is 14.6. The predicted molar refractivity (Wildman–Crippen MR) is 82.8 cm³/mol. The molecule has 0 spiro atoms. The Labute approximate surface area is 151 Å². The lowest BCUT2D eigenvalue weighted by Crippen LogP contribution is -2.51. The fourth-order valence-corrected chi connectivity index (χ4v) is 3.83. The largest absolute Gasteiger partial charge is 0.512 e. The quantitative estimate of drug-likeness (QED) is 0.397. The monoisotopic (exact) mass is 439 g/mol. The van der Waals surface area contributed by atoms with Crippen molar-refractivity contribution in [2.45, 2.75) is 36.9 Å². The predicted octanol–water partition coefficient (Wildman–Crippen LogP) is 2.47. The Morgan fingerprint density at radius 2 is 1.52 bits per heavy atom. The van der Waals surface area contributed by atoms with Crippen molar-refractivity contribution < 1.29 is 48.3 Å². The molecule has 1 N–H and O–H groups in total. The summed E-state index contributed by atoms with van der Waals surface area (Å²) in [5.74, 6) is -3.20. The van der Waals surface area contributed by atoms with Crippen LogP contribution >= 0.6 is 0 Å². The third kappa shape index (κ3) is 5.13. The average molecular weight is 439 g/mol. The molecule has 1 unspecified atom stereocenters. The number of ether oxygens (including phenoxy) is 1. The van der Waals surface area contributed by atoms with E-state index in [2.05, 4.69) is 4.74 Å². The number of sulfonamides is 2. The highest BCUT2D eigenvalue weighted by molar-refractivity contribution is 8.05. The first-order valence-electron chi connectivity index (χ1n) is 7.09. The number of benzene rings is 1. The zero-order chi connectivity index (χ0) is 21.3. The zero-order valence-electron chi connectivity index (χ0n) is 13.7. The van der Waals surface area contributed by atoms with Crippen LogP contribution in [0.2, 0.25) is 0 Å². The van der Waals surface area contributed by atoms with E-state index < -0.39 is 42.5 Å². The second-order valence-corrected chi connectivity index (χ2v) is 8.98. The van der Waals surface area contributed by atoms with Crippen molar-refractivity contribution in [2.75, 3.05) is 0 Å². The van der Waals surface area contributed by atoms with Crippen LogP contribution in [-0.4, -0.2) is 33.6 Å². The number of hydrogen-bond acceptors (Lipinski definition) is 6. The highest BCUT2D eigenvalue weighted by Crippen LogP contribution is 2.29. The molecule has 0 bridgehead atoms. The van der Waals surface area contributed by atoms with Gasteiger partial charge < -0.3 is 4.74 Å². The molecule has 1 aromatic rings. The molecule has 0 fully saturated rings. The minimum atomic E-state index is -6.69. The van der Waals surface area contributed by atoms with Crippen LogP contribution in [0.25, 0.3) is 0 Å². The van der Waals surface area contributed by atoms with E-state index in [4.69, 9.17) is 0 Å². The molecule has 0 aliphatic heterocycles. The maximum absolute atomic E-state index is 13.7. The van der Waals surface area contributed by atoms with Gasteiger partial charge in [0.1, 0.15) is 5.75 Å². The van der Waals surface area contributed by atoms with Crippen LogP contribution in [0.1, 0.15) is 31.7 Å². The maximum atomic E-state index is 13.7. The molecular weight excluding hydrogens is 425 g/mol. The van der Waals surface area contributed by atoms with E-state index in [1.165, 1.54) is 12.1 Å². The van der Waals surface area contributed by atoms with Crippen molar-refractivity contribution in [1.82, 2.24) is 4.13 Å². The van der Waals surface area contributed by atoms with Crippen molar-refractivity contribution in [2.24, 2.45) is 0 Å². The van der Waals surface area contributed by atoms with Gasteiger partial charge in [-0.3, -0.25) is 0 Å². The summed E-state index contributed by atoms with van der Waals surface area (Å²) in [5.41, 5.74) is -5.43. The van der Waals surface area contributed by atoms with Crippen molar-refractivity contribution in [3.8, 4) is 5.75 Å². The molecule has 27 heavy (non-hydrogen) atoms. The van der Waals surface area contributed by atoms with Gasteiger partial charge in [-0.25, -0.2) is 21.6 Å². The van der Waals surface area contributed by atoms with E-state index >= 15 is 0 Å². The second-order valence-electron chi connectivity index (χ2n) is 5.32. The van der Waals surface area contributed by atoms with E-state index in [0.717, 1.165) is 24.1 Å². The lowest BCUT2D eigenvalue weighted by atomic mass is 9.99. The Balaban J connectivity index is 3.04. The number of rotatable bonds is 7. The van der Waals surface area contributed by atoms with Gasteiger partial charge in [-0.1, -0.05) is 30.1 Å². The molecule has 0 saturated heterocycles. The van der Waals surface area contributed by atoms with Crippen LogP contribution in [-0.2, 0) is 24.8 Å². The number of hydrogen-bond donors (Lipinski definition) is 1. The highest BCUT2D eigenvalue weighted by Gasteiger charge is 2.60. The lowest BCUT2D eigenvalue weighted by molar-refractivity contribution is -0.150. The summed E-state index contributed by atoms with van der Waals surface area (Å²) >= 11 is 0. The fraction of sp³-hybridized carbons (Fsp3) is 0.462. The third-order valence-corrected chi connectivity index (χ3v) is 6.58. The van der Waals surface area contributed by atoms with Crippen LogP contribution in [0.4, 0.5) is 22.0 Å². The minimum absolute atomic E-state index is 0.0911. The first-order valence-corrected chi connectivity index (χ1v) is 10.1. The Kier molecular flexibility index (Phi) is 6.60. The van der Waals surface area contributed by atoms with E-state index in [9.17, 15) is 43.6 Å². The molecule has 0 saturated carbocycles. The lowest BCUT2D eigenvalue weighted by Gasteiger charge is -2.17. The molecular formula is C13H14F5NO6S2. The van der Waals surface area contributed by atoms with Gasteiger partial charge in [0, 0.05) is 0 Å². The zero-order valence-corrected chi connectivity index (χ0v) is 15.4. The summed E-state index contributed by atoms with van der Waals surface area (Å²) in [6.07, 6.45) is 0.745. The fourth-order valence-electron chi connectivity index (χ4n) is 1.62. The van der Waals surface area contributed by atoms with E-state index in [-0.39, 0.29) is 10.0 Å². The highest BCUT2D eigenvalue weighted by atomic mass is 32.3. The smallest absolute Gasteiger partial charge is 0.421 e. The minimum Gasteiger partial charge on any atom is -0.421 e. The Hall–Kier alpha value is -1.80. The summed E-state index contributed by atoms with van der Waals surface area (Å²) in [5, 5.41) is -5.61. The molecule has 0 aromatic heterocycles. The van der Waals surface area contributed by atoms with E-state index in [1.54, 1.807) is 0 Å². The van der Waals surface area contributed by atoms with Crippen LogP contribution in [0, 0.1) is 0 Å².